The van der Waals surface area contributed by atoms with Crippen molar-refractivity contribution in [1.29, 1.82) is 0 Å². The Morgan fingerprint density at radius 3 is 2.74 bits per heavy atom. The summed E-state index contributed by atoms with van der Waals surface area (Å²) in [5, 5.41) is 0. The summed E-state index contributed by atoms with van der Waals surface area (Å²) < 4.78 is 6.40. The number of fused-ring (bicyclic) bond motifs is 1. The molecule has 2 saturated heterocycles. The predicted octanol–water partition coefficient (Wildman–Crippen LogP) is 0.598. The van der Waals surface area contributed by atoms with Gasteiger partial charge in [0, 0.05) is 39.0 Å². The van der Waals surface area contributed by atoms with Crippen LogP contribution in [0.4, 0.5) is 11.5 Å². The summed E-state index contributed by atoms with van der Waals surface area (Å²) in [6.07, 6.45) is 1.56. The highest BCUT2D eigenvalue weighted by atomic mass is 32.2. The minimum atomic E-state index is -0.713. The van der Waals surface area contributed by atoms with Crippen molar-refractivity contribution in [3.63, 3.8) is 0 Å². The fraction of sp³-hybridized carbons (Fsp3) is 0.700. The monoisotopic (exact) mass is 453 g/mol. The molecule has 0 bridgehead atoms. The maximum absolute atomic E-state index is 13.7. The third kappa shape index (κ3) is 4.38. The molecule has 2 aliphatic rings. The number of hydrogen-bond donors (Lipinski definition) is 2. The van der Waals surface area contributed by atoms with Crippen LogP contribution in [0.15, 0.2) is 9.59 Å². The second-order valence-corrected chi connectivity index (χ2v) is 10.1. The van der Waals surface area contributed by atoms with E-state index in [1.807, 2.05) is 20.8 Å². The molecule has 0 aromatic carbocycles. The molecule has 3 rings (SSSR count). The van der Waals surface area contributed by atoms with Gasteiger partial charge in [-0.15, -0.1) is 11.8 Å². The molecular weight excluding hydrogens is 422 g/mol. The van der Waals surface area contributed by atoms with Crippen LogP contribution in [0.3, 0.4) is 0 Å². The summed E-state index contributed by atoms with van der Waals surface area (Å²) in [6, 6.07) is -0.683. The number of carbonyl (C=O) groups excluding carboxylic acids is 2. The number of amides is 2. The van der Waals surface area contributed by atoms with E-state index in [0.717, 1.165) is 0 Å². The number of ether oxygens (including phenoxy) is 1. The van der Waals surface area contributed by atoms with Gasteiger partial charge in [0.2, 0.25) is 5.91 Å². The number of nitrogens with zero attached hydrogens (tertiary/aromatic N) is 3. The van der Waals surface area contributed by atoms with Crippen molar-refractivity contribution >= 4 is 35.1 Å². The number of aromatic amines is 1. The largest absolute Gasteiger partial charge is 0.385 e. The Morgan fingerprint density at radius 1 is 1.39 bits per heavy atom. The number of H-pyrrole nitrogens is 1. The Hall–Kier alpha value is -2.27. The Kier molecular flexibility index (Phi) is 6.85. The molecule has 2 aliphatic heterocycles. The predicted molar refractivity (Wildman–Crippen MR) is 120 cm³/mol. The highest BCUT2D eigenvalue weighted by molar-refractivity contribution is 8.01. The number of nitrogens with one attached hydrogen (secondary N) is 1. The van der Waals surface area contributed by atoms with E-state index in [2.05, 4.69) is 4.98 Å². The molecule has 10 nitrogen and oxygen atoms in total. The number of methoxy groups -OCH3 is 1. The Labute approximate surface area is 185 Å². The molecule has 1 aromatic rings. The number of nitrogens with two attached hydrogens (primary N) is 1. The normalized spacial score (nSPS) is 22.9. The number of thioether (sulfide) groups is 1. The number of carbonyl (C=O) groups is 2. The van der Waals surface area contributed by atoms with Crippen LogP contribution in [0, 0.1) is 5.92 Å². The summed E-state index contributed by atoms with van der Waals surface area (Å²) in [7, 11) is 1.55. The maximum Gasteiger partial charge on any atom is 0.330 e. The molecule has 0 radical (unpaired) electrons. The maximum atomic E-state index is 13.7. The van der Waals surface area contributed by atoms with Crippen LogP contribution in [0.25, 0.3) is 0 Å². The topological polar surface area (TPSA) is 131 Å². The zero-order valence-corrected chi connectivity index (χ0v) is 19.3. The summed E-state index contributed by atoms with van der Waals surface area (Å²) in [6.45, 7) is 6.68. The first-order valence-electron chi connectivity index (χ1n) is 10.5. The Morgan fingerprint density at radius 2 is 2.10 bits per heavy atom. The second kappa shape index (κ2) is 9.07. The van der Waals surface area contributed by atoms with Crippen LogP contribution in [0.2, 0.25) is 0 Å². The van der Waals surface area contributed by atoms with E-state index in [1.165, 1.54) is 9.47 Å². The van der Waals surface area contributed by atoms with Gasteiger partial charge in [-0.1, -0.05) is 13.8 Å². The van der Waals surface area contributed by atoms with Gasteiger partial charge in [-0.05, 0) is 25.7 Å². The molecule has 3 heterocycles. The number of rotatable bonds is 8. The van der Waals surface area contributed by atoms with Gasteiger partial charge in [0.15, 0.2) is 5.69 Å². The lowest BCUT2D eigenvalue weighted by Gasteiger charge is -2.33. The third-order valence-electron chi connectivity index (χ3n) is 5.76. The molecule has 0 saturated carbocycles. The van der Waals surface area contributed by atoms with E-state index in [9.17, 15) is 19.2 Å². The Bertz CT molecular complexity index is 974. The average Bonchev–Trinajstić information content (AvgIpc) is 3.19. The van der Waals surface area contributed by atoms with Gasteiger partial charge in [-0.25, -0.2) is 4.79 Å². The van der Waals surface area contributed by atoms with Crippen LogP contribution >= 0.6 is 11.8 Å². The quantitative estimate of drug-likeness (QED) is 0.551. The van der Waals surface area contributed by atoms with Crippen molar-refractivity contribution in [1.82, 2.24) is 14.5 Å². The lowest BCUT2D eigenvalue weighted by molar-refractivity contribution is -0.136. The van der Waals surface area contributed by atoms with Crippen LogP contribution in [-0.2, 0) is 20.9 Å². The molecule has 172 valence electrons. The second-order valence-electron chi connectivity index (χ2n) is 8.60. The minimum absolute atomic E-state index is 0.0469. The molecule has 2 fully saturated rings. The van der Waals surface area contributed by atoms with E-state index in [0.29, 0.717) is 38.2 Å². The average molecular weight is 454 g/mol. The first-order valence-corrected chi connectivity index (χ1v) is 11.5. The molecule has 2 unspecified atom stereocenters. The van der Waals surface area contributed by atoms with Crippen LogP contribution in [0.1, 0.15) is 40.0 Å². The molecule has 1 aromatic heterocycles. The van der Waals surface area contributed by atoms with Gasteiger partial charge in [-0.3, -0.25) is 23.9 Å². The lowest BCUT2D eigenvalue weighted by Crippen LogP contribution is -2.53. The number of aromatic nitrogens is 2. The van der Waals surface area contributed by atoms with Crippen molar-refractivity contribution in [3.05, 3.63) is 20.8 Å². The molecule has 31 heavy (non-hydrogen) atoms. The summed E-state index contributed by atoms with van der Waals surface area (Å²) in [5.74, 6) is 0.0782. The van der Waals surface area contributed by atoms with Crippen LogP contribution in [-0.4, -0.2) is 63.2 Å². The lowest BCUT2D eigenvalue weighted by atomic mass is 10.1. The molecule has 2 amide bonds. The number of hydrogen-bond acceptors (Lipinski definition) is 7. The highest BCUT2D eigenvalue weighted by Gasteiger charge is 2.54. The van der Waals surface area contributed by atoms with E-state index < -0.39 is 22.2 Å². The first-order chi connectivity index (χ1) is 14.6. The van der Waals surface area contributed by atoms with E-state index in [4.69, 9.17) is 10.5 Å². The van der Waals surface area contributed by atoms with Crippen molar-refractivity contribution < 1.29 is 14.3 Å². The van der Waals surface area contributed by atoms with Crippen molar-refractivity contribution in [2.75, 3.05) is 36.6 Å². The SMILES string of the molecule is COCCCN(C(=O)C1CSC2(C)CCC(=O)N12)c1c(N)n(CC(C)C)c(=O)[nH]c1=O. The highest BCUT2D eigenvalue weighted by Crippen LogP contribution is 2.47. The smallest absolute Gasteiger partial charge is 0.330 e. The molecule has 2 atom stereocenters. The Balaban J connectivity index is 2.04. The van der Waals surface area contributed by atoms with E-state index >= 15 is 0 Å². The molecule has 0 spiro atoms. The number of nitrogen functional groups attached to an aromatic ring is 1. The van der Waals surface area contributed by atoms with Crippen molar-refractivity contribution in [2.24, 2.45) is 5.92 Å². The molecule has 11 heteroatoms. The van der Waals surface area contributed by atoms with Gasteiger partial charge in [0.1, 0.15) is 11.9 Å². The van der Waals surface area contributed by atoms with Gasteiger partial charge in [0.05, 0.1) is 4.87 Å². The zero-order valence-electron chi connectivity index (χ0n) is 18.5. The molecular formula is C20H31N5O5S. The molecule has 0 aliphatic carbocycles. The minimum Gasteiger partial charge on any atom is -0.385 e. The summed E-state index contributed by atoms with van der Waals surface area (Å²) >= 11 is 1.58. The van der Waals surface area contributed by atoms with Crippen LogP contribution in [0.5, 0.6) is 0 Å². The first kappa shape index (κ1) is 23.4. The van der Waals surface area contributed by atoms with E-state index in [-0.39, 0.29) is 35.8 Å². The fourth-order valence-electron chi connectivity index (χ4n) is 4.27. The van der Waals surface area contributed by atoms with Gasteiger partial charge in [0.25, 0.3) is 11.5 Å². The van der Waals surface area contributed by atoms with Gasteiger partial charge >= 0.3 is 5.69 Å². The molecule has 3 N–H and O–H groups in total. The van der Waals surface area contributed by atoms with Gasteiger partial charge in [-0.2, -0.15) is 0 Å². The fourth-order valence-corrected chi connectivity index (χ4v) is 5.69. The zero-order chi connectivity index (χ0) is 22.9. The van der Waals surface area contributed by atoms with Crippen molar-refractivity contribution in [2.45, 2.75) is 57.5 Å². The number of anilines is 2. The summed E-state index contributed by atoms with van der Waals surface area (Å²) in [5.41, 5.74) is 4.90. The van der Waals surface area contributed by atoms with Gasteiger partial charge < -0.3 is 20.3 Å². The standard InChI is InChI=1S/C20H31N5O5S/c1-12(2)10-24-16(21)15(17(27)22-19(24)29)23(8-5-9-30-4)18(28)13-11-31-20(3)7-6-14(26)25(13)20/h12-13H,5-11,21H2,1-4H3,(H,22,27,29). The van der Waals surface area contributed by atoms with Crippen LogP contribution < -0.4 is 21.9 Å². The third-order valence-corrected chi connectivity index (χ3v) is 7.26. The van der Waals surface area contributed by atoms with E-state index in [1.54, 1.807) is 23.8 Å². The van der Waals surface area contributed by atoms with Crippen molar-refractivity contribution in [3.8, 4) is 0 Å². The summed E-state index contributed by atoms with van der Waals surface area (Å²) in [4.78, 5) is 56.2.